The van der Waals surface area contributed by atoms with E-state index >= 15 is 0 Å². The highest BCUT2D eigenvalue weighted by atomic mass is 19.4. The number of likely N-dealkylation sites (tertiary alicyclic amines) is 1. The lowest BCUT2D eigenvalue weighted by Gasteiger charge is -2.19. The fraction of sp³-hybridized carbons (Fsp3) is 0.889. The number of alkyl halides is 3. The summed E-state index contributed by atoms with van der Waals surface area (Å²) in [5.74, 6) is -3.42. The van der Waals surface area contributed by atoms with E-state index in [1.165, 1.54) is 4.90 Å². The van der Waals surface area contributed by atoms with Crippen LogP contribution in [0.5, 0.6) is 0 Å². The molecule has 16 heavy (non-hydrogen) atoms. The summed E-state index contributed by atoms with van der Waals surface area (Å²) in [6, 6.07) is 0. The molecule has 0 aromatic carbocycles. The molecule has 1 aliphatic rings. The molecular weight excluding hydrogens is 227 g/mol. The minimum Gasteiger partial charge on any atom is -0.481 e. The van der Waals surface area contributed by atoms with Gasteiger partial charge in [0.1, 0.15) is 0 Å². The number of rotatable bonds is 4. The van der Waals surface area contributed by atoms with Gasteiger partial charge in [0.15, 0.2) is 0 Å². The van der Waals surface area contributed by atoms with Crippen LogP contribution in [-0.4, -0.2) is 53.5 Å². The quantitative estimate of drug-likeness (QED) is 0.755. The van der Waals surface area contributed by atoms with Crippen LogP contribution in [0, 0.1) is 11.8 Å². The highest BCUT2D eigenvalue weighted by Gasteiger charge is 2.49. The van der Waals surface area contributed by atoms with E-state index in [1.807, 2.05) is 0 Å². The molecule has 1 rings (SSSR count). The Labute approximate surface area is 90.7 Å². The van der Waals surface area contributed by atoms with Crippen molar-refractivity contribution < 1.29 is 28.2 Å². The number of carboxylic acid groups (broad SMARTS) is 1. The Morgan fingerprint density at radius 2 is 2.00 bits per heavy atom. The molecule has 0 aliphatic carbocycles. The Kier molecular flexibility index (Phi) is 4.15. The van der Waals surface area contributed by atoms with Crippen molar-refractivity contribution in [2.75, 3.05) is 26.2 Å². The largest absolute Gasteiger partial charge is 0.481 e. The van der Waals surface area contributed by atoms with Gasteiger partial charge in [0.2, 0.25) is 0 Å². The summed E-state index contributed by atoms with van der Waals surface area (Å²) in [5, 5.41) is 17.3. The summed E-state index contributed by atoms with van der Waals surface area (Å²) in [7, 11) is 0. The fourth-order valence-electron chi connectivity index (χ4n) is 1.95. The Morgan fingerprint density at radius 1 is 1.38 bits per heavy atom. The lowest BCUT2D eigenvalue weighted by molar-refractivity contribution is -0.183. The average Bonchev–Trinajstić information content (AvgIpc) is 2.57. The second kappa shape index (κ2) is 5.01. The van der Waals surface area contributed by atoms with Gasteiger partial charge >= 0.3 is 12.1 Å². The number of aliphatic hydroxyl groups excluding tert-OH is 1. The molecule has 0 unspecified atom stereocenters. The predicted molar refractivity (Wildman–Crippen MR) is 48.8 cm³/mol. The monoisotopic (exact) mass is 241 g/mol. The van der Waals surface area contributed by atoms with Gasteiger partial charge in [-0.05, 0) is 0 Å². The number of hydrogen-bond donors (Lipinski definition) is 2. The van der Waals surface area contributed by atoms with Gasteiger partial charge in [-0.3, -0.25) is 4.79 Å². The summed E-state index contributed by atoms with van der Waals surface area (Å²) in [5.41, 5.74) is 0. The fourth-order valence-corrected chi connectivity index (χ4v) is 1.95. The molecule has 0 amide bonds. The lowest BCUT2D eigenvalue weighted by atomic mass is 9.97. The molecule has 1 fully saturated rings. The summed E-state index contributed by atoms with van der Waals surface area (Å²) >= 11 is 0. The first-order valence-corrected chi connectivity index (χ1v) is 4.96. The molecule has 0 spiro atoms. The predicted octanol–water partition coefficient (Wildman–Crippen LogP) is 0.564. The van der Waals surface area contributed by atoms with E-state index in [-0.39, 0.29) is 26.1 Å². The second-order valence-corrected chi connectivity index (χ2v) is 3.99. The molecule has 1 heterocycles. The molecule has 94 valence electrons. The van der Waals surface area contributed by atoms with E-state index in [0.717, 1.165) is 0 Å². The molecular formula is C9H14F3NO3. The molecule has 0 aromatic heterocycles. The molecule has 1 saturated heterocycles. The van der Waals surface area contributed by atoms with Gasteiger partial charge in [-0.25, -0.2) is 0 Å². The number of aliphatic carboxylic acids is 1. The van der Waals surface area contributed by atoms with Gasteiger partial charge in [-0.2, -0.15) is 13.2 Å². The first-order valence-electron chi connectivity index (χ1n) is 4.96. The Hall–Kier alpha value is -0.820. The topological polar surface area (TPSA) is 60.8 Å². The Morgan fingerprint density at radius 3 is 2.38 bits per heavy atom. The molecule has 2 N–H and O–H groups in total. The molecule has 1 aliphatic heterocycles. The van der Waals surface area contributed by atoms with Crippen LogP contribution >= 0.6 is 0 Å². The maximum Gasteiger partial charge on any atom is 0.393 e. The van der Waals surface area contributed by atoms with Crippen molar-refractivity contribution in [1.29, 1.82) is 0 Å². The molecule has 0 saturated carbocycles. The number of carboxylic acids is 1. The van der Waals surface area contributed by atoms with Crippen LogP contribution in [0.25, 0.3) is 0 Å². The first-order chi connectivity index (χ1) is 7.34. The minimum atomic E-state index is -4.33. The zero-order valence-corrected chi connectivity index (χ0v) is 8.57. The highest BCUT2D eigenvalue weighted by Crippen LogP contribution is 2.37. The summed E-state index contributed by atoms with van der Waals surface area (Å²) in [6.45, 7) is -0.540. The molecule has 7 heteroatoms. The summed E-state index contributed by atoms with van der Waals surface area (Å²) in [4.78, 5) is 11.7. The van der Waals surface area contributed by atoms with E-state index in [9.17, 15) is 18.0 Å². The average molecular weight is 241 g/mol. The van der Waals surface area contributed by atoms with Crippen molar-refractivity contribution >= 4 is 5.97 Å². The molecule has 4 nitrogen and oxygen atoms in total. The van der Waals surface area contributed by atoms with Crippen LogP contribution in [0.3, 0.4) is 0 Å². The lowest BCUT2D eigenvalue weighted by Crippen LogP contribution is -2.31. The summed E-state index contributed by atoms with van der Waals surface area (Å²) < 4.78 is 37.5. The first kappa shape index (κ1) is 13.2. The van der Waals surface area contributed by atoms with E-state index < -0.39 is 30.6 Å². The second-order valence-electron chi connectivity index (χ2n) is 3.99. The third kappa shape index (κ3) is 3.34. The zero-order chi connectivity index (χ0) is 12.3. The van der Waals surface area contributed by atoms with Crippen LogP contribution in [0.4, 0.5) is 13.2 Å². The maximum atomic E-state index is 12.5. The van der Waals surface area contributed by atoms with E-state index in [0.29, 0.717) is 0 Å². The van der Waals surface area contributed by atoms with Gasteiger partial charge in [-0.1, -0.05) is 0 Å². The number of halogens is 3. The molecule has 0 aromatic rings. The van der Waals surface area contributed by atoms with Crippen molar-refractivity contribution in [3.63, 3.8) is 0 Å². The normalized spacial score (nSPS) is 27.2. The van der Waals surface area contributed by atoms with E-state index in [1.54, 1.807) is 0 Å². The van der Waals surface area contributed by atoms with Gasteiger partial charge in [0.05, 0.1) is 12.3 Å². The Bertz CT molecular complexity index is 257. The molecule has 0 radical (unpaired) electrons. The van der Waals surface area contributed by atoms with Crippen LogP contribution in [-0.2, 0) is 4.79 Å². The van der Waals surface area contributed by atoms with E-state index in [2.05, 4.69) is 0 Å². The zero-order valence-electron chi connectivity index (χ0n) is 8.57. The van der Waals surface area contributed by atoms with Crippen molar-refractivity contribution in [3.05, 3.63) is 0 Å². The highest BCUT2D eigenvalue weighted by molar-refractivity contribution is 5.66. The van der Waals surface area contributed by atoms with Crippen LogP contribution in [0.2, 0.25) is 0 Å². The number of aliphatic hydroxyl groups is 1. The van der Waals surface area contributed by atoms with E-state index in [4.69, 9.17) is 10.2 Å². The van der Waals surface area contributed by atoms with Crippen molar-refractivity contribution in [3.8, 4) is 0 Å². The van der Waals surface area contributed by atoms with Crippen LogP contribution in [0.15, 0.2) is 0 Å². The number of nitrogens with zero attached hydrogens (tertiary/aromatic N) is 1. The number of carbonyl (C=O) groups is 1. The minimum absolute atomic E-state index is 0.0956. The van der Waals surface area contributed by atoms with Gasteiger partial charge in [0, 0.05) is 32.2 Å². The van der Waals surface area contributed by atoms with Gasteiger partial charge in [-0.15, -0.1) is 0 Å². The maximum absolute atomic E-state index is 12.5. The van der Waals surface area contributed by atoms with Crippen LogP contribution in [0.1, 0.15) is 6.42 Å². The van der Waals surface area contributed by atoms with Crippen molar-refractivity contribution in [2.45, 2.75) is 12.6 Å². The van der Waals surface area contributed by atoms with Gasteiger partial charge in [0.25, 0.3) is 0 Å². The third-order valence-electron chi connectivity index (χ3n) is 2.81. The molecule has 0 bridgehead atoms. The van der Waals surface area contributed by atoms with Crippen LogP contribution < -0.4 is 0 Å². The van der Waals surface area contributed by atoms with Crippen molar-refractivity contribution in [1.82, 2.24) is 4.90 Å². The SMILES string of the molecule is O=C(O)CCN1C[C@@H](CO)[C@H](C(F)(F)F)C1. The third-order valence-corrected chi connectivity index (χ3v) is 2.81. The molecule has 2 atom stereocenters. The Balaban J connectivity index is 2.53. The number of hydrogen-bond acceptors (Lipinski definition) is 3. The standard InChI is InChI=1S/C9H14F3NO3/c10-9(11,12)7-4-13(2-1-8(15)16)3-6(7)5-14/h6-7,14H,1-5H2,(H,15,16)/t6-,7+/m0/s1. The smallest absolute Gasteiger partial charge is 0.393 e. The van der Waals surface area contributed by atoms with Gasteiger partial charge < -0.3 is 15.1 Å². The van der Waals surface area contributed by atoms with Crippen molar-refractivity contribution in [2.24, 2.45) is 11.8 Å². The summed E-state index contributed by atoms with van der Waals surface area (Å²) in [6.07, 6.45) is -4.51.